The van der Waals surface area contributed by atoms with Crippen molar-refractivity contribution in [1.29, 1.82) is 0 Å². The van der Waals surface area contributed by atoms with Crippen molar-refractivity contribution in [3.8, 4) is 11.4 Å². The van der Waals surface area contributed by atoms with Crippen molar-refractivity contribution < 1.29 is 13.9 Å². The highest BCUT2D eigenvalue weighted by molar-refractivity contribution is 5.94. The van der Waals surface area contributed by atoms with Crippen molar-refractivity contribution in [2.45, 2.75) is 32.2 Å². The third kappa shape index (κ3) is 5.16. The highest BCUT2D eigenvalue weighted by Gasteiger charge is 2.25. The van der Waals surface area contributed by atoms with Crippen LogP contribution in [-0.4, -0.2) is 47.8 Å². The Morgan fingerprint density at radius 2 is 1.94 bits per heavy atom. The zero-order chi connectivity index (χ0) is 22.5. The van der Waals surface area contributed by atoms with Crippen LogP contribution in [0.2, 0.25) is 0 Å². The molecule has 0 fully saturated rings. The minimum atomic E-state index is -0.291. The van der Waals surface area contributed by atoms with E-state index in [-0.39, 0.29) is 11.7 Å². The van der Waals surface area contributed by atoms with Gasteiger partial charge < -0.3 is 15.0 Å². The predicted molar refractivity (Wildman–Crippen MR) is 122 cm³/mol. The molecule has 0 saturated carbocycles. The molecule has 7 heteroatoms. The lowest BCUT2D eigenvalue weighted by molar-refractivity contribution is 0.0944. The van der Waals surface area contributed by atoms with Crippen LogP contribution in [0.3, 0.4) is 0 Å². The van der Waals surface area contributed by atoms with E-state index in [0.29, 0.717) is 18.8 Å². The highest BCUT2D eigenvalue weighted by Crippen LogP contribution is 2.27. The van der Waals surface area contributed by atoms with Gasteiger partial charge in [0.1, 0.15) is 18.2 Å². The van der Waals surface area contributed by atoms with E-state index < -0.39 is 0 Å². The fourth-order valence-corrected chi connectivity index (χ4v) is 3.93. The van der Waals surface area contributed by atoms with E-state index in [1.54, 1.807) is 16.8 Å². The number of ether oxygens (including phenoxy) is 1. The molecule has 0 spiro atoms. The smallest absolute Gasteiger partial charge is 0.272 e. The van der Waals surface area contributed by atoms with Gasteiger partial charge in [-0.1, -0.05) is 12.1 Å². The Hall–Kier alpha value is -3.19. The van der Waals surface area contributed by atoms with Crippen LogP contribution in [0.15, 0.2) is 48.5 Å². The number of carbonyl (C=O) groups excluding carboxylic acids is 1. The standard InChI is InChI=1S/C25H29FN4O2/c1-29(2)14-15-32-21-7-5-6-18(16-21)17-27-25(31)24-22-8-3-4-9-23(22)30(28-24)20-12-10-19(26)11-13-20/h5-7,10-13,16H,3-4,8-9,14-15,17H2,1-2H3,(H,27,31). The SMILES string of the molecule is CN(C)CCOc1cccc(CNC(=O)c2nn(-c3ccc(F)cc3)c3c2CCCC3)c1. The summed E-state index contributed by atoms with van der Waals surface area (Å²) in [5.41, 5.74) is 4.24. The van der Waals surface area contributed by atoms with E-state index in [2.05, 4.69) is 15.3 Å². The molecule has 1 aromatic heterocycles. The van der Waals surface area contributed by atoms with Crippen LogP contribution in [0.5, 0.6) is 5.75 Å². The van der Waals surface area contributed by atoms with Gasteiger partial charge in [0.2, 0.25) is 0 Å². The van der Waals surface area contributed by atoms with E-state index in [4.69, 9.17) is 4.74 Å². The Morgan fingerprint density at radius 3 is 2.72 bits per heavy atom. The highest BCUT2D eigenvalue weighted by atomic mass is 19.1. The van der Waals surface area contributed by atoms with Gasteiger partial charge in [-0.15, -0.1) is 0 Å². The van der Waals surface area contributed by atoms with Crippen LogP contribution in [-0.2, 0) is 19.4 Å². The number of fused-ring (bicyclic) bond motifs is 1. The number of hydrogen-bond acceptors (Lipinski definition) is 4. The van der Waals surface area contributed by atoms with Gasteiger partial charge in [0.25, 0.3) is 5.91 Å². The fourth-order valence-electron chi connectivity index (χ4n) is 3.93. The van der Waals surface area contributed by atoms with Crippen LogP contribution in [0.4, 0.5) is 4.39 Å². The summed E-state index contributed by atoms with van der Waals surface area (Å²) in [6, 6.07) is 14.0. The van der Waals surface area contributed by atoms with Crippen molar-refractivity contribution in [3.63, 3.8) is 0 Å². The van der Waals surface area contributed by atoms with E-state index in [1.165, 1.54) is 12.1 Å². The number of rotatable bonds is 8. The second-order valence-electron chi connectivity index (χ2n) is 8.35. The number of hydrogen-bond donors (Lipinski definition) is 1. The maximum absolute atomic E-state index is 13.4. The molecule has 0 radical (unpaired) electrons. The van der Waals surface area contributed by atoms with Gasteiger partial charge in [0.05, 0.1) is 5.69 Å². The third-order valence-corrected chi connectivity index (χ3v) is 5.63. The monoisotopic (exact) mass is 436 g/mol. The first-order valence-corrected chi connectivity index (χ1v) is 11.0. The second kappa shape index (κ2) is 9.96. The summed E-state index contributed by atoms with van der Waals surface area (Å²) >= 11 is 0. The first-order valence-electron chi connectivity index (χ1n) is 11.0. The van der Waals surface area contributed by atoms with Crippen LogP contribution in [0, 0.1) is 5.82 Å². The molecule has 1 heterocycles. The number of amides is 1. The summed E-state index contributed by atoms with van der Waals surface area (Å²) in [6.07, 6.45) is 3.78. The van der Waals surface area contributed by atoms with Gasteiger partial charge >= 0.3 is 0 Å². The van der Waals surface area contributed by atoms with Gasteiger partial charge in [0, 0.05) is 24.3 Å². The van der Waals surface area contributed by atoms with Crippen molar-refractivity contribution in [2.75, 3.05) is 27.2 Å². The first kappa shape index (κ1) is 22.0. The maximum atomic E-state index is 13.4. The molecule has 0 atom stereocenters. The minimum absolute atomic E-state index is 0.192. The van der Waals surface area contributed by atoms with Gasteiger partial charge in [-0.25, -0.2) is 9.07 Å². The number of halogens is 1. The second-order valence-corrected chi connectivity index (χ2v) is 8.35. The zero-order valence-electron chi connectivity index (χ0n) is 18.6. The molecule has 0 aliphatic heterocycles. The lowest BCUT2D eigenvalue weighted by atomic mass is 9.95. The van der Waals surface area contributed by atoms with Crippen molar-refractivity contribution in [3.05, 3.63) is 76.9 Å². The number of nitrogens with one attached hydrogen (secondary N) is 1. The van der Waals surface area contributed by atoms with Gasteiger partial charge in [-0.2, -0.15) is 5.10 Å². The van der Waals surface area contributed by atoms with E-state index >= 15 is 0 Å². The summed E-state index contributed by atoms with van der Waals surface area (Å²) in [7, 11) is 4.01. The van der Waals surface area contributed by atoms with Crippen molar-refractivity contribution in [2.24, 2.45) is 0 Å². The van der Waals surface area contributed by atoms with Crippen LogP contribution in [0.25, 0.3) is 5.69 Å². The maximum Gasteiger partial charge on any atom is 0.272 e. The molecule has 1 aliphatic rings. The number of nitrogens with zero attached hydrogens (tertiary/aromatic N) is 3. The molecule has 32 heavy (non-hydrogen) atoms. The van der Waals surface area contributed by atoms with E-state index in [0.717, 1.165) is 60.5 Å². The largest absolute Gasteiger partial charge is 0.492 e. The fraction of sp³-hybridized carbons (Fsp3) is 0.360. The lowest BCUT2D eigenvalue weighted by Crippen LogP contribution is -2.24. The van der Waals surface area contributed by atoms with Crippen LogP contribution < -0.4 is 10.1 Å². The lowest BCUT2D eigenvalue weighted by Gasteiger charge is -2.14. The van der Waals surface area contributed by atoms with E-state index in [9.17, 15) is 9.18 Å². The molecule has 1 N–H and O–H groups in total. The molecule has 0 unspecified atom stereocenters. The van der Waals surface area contributed by atoms with Gasteiger partial charge in [-0.3, -0.25) is 4.79 Å². The predicted octanol–water partition coefficient (Wildman–Crippen LogP) is 3.76. The minimum Gasteiger partial charge on any atom is -0.492 e. The Labute approximate surface area is 188 Å². The van der Waals surface area contributed by atoms with Crippen LogP contribution >= 0.6 is 0 Å². The number of carbonyl (C=O) groups is 1. The average Bonchev–Trinajstić information content (AvgIpc) is 3.18. The Balaban J connectivity index is 1.48. The molecule has 1 amide bonds. The molecule has 6 nitrogen and oxygen atoms in total. The molecule has 0 bridgehead atoms. The average molecular weight is 437 g/mol. The van der Waals surface area contributed by atoms with E-state index in [1.807, 2.05) is 38.4 Å². The number of aromatic nitrogens is 2. The Kier molecular flexibility index (Phi) is 6.85. The van der Waals surface area contributed by atoms with Gasteiger partial charge in [0.15, 0.2) is 5.69 Å². The molecular weight excluding hydrogens is 407 g/mol. The van der Waals surface area contributed by atoms with Gasteiger partial charge in [-0.05, 0) is 81.7 Å². The number of likely N-dealkylation sites (N-methyl/N-ethyl adjacent to an activating group) is 1. The summed E-state index contributed by atoms with van der Waals surface area (Å²) in [5.74, 6) is 0.306. The summed E-state index contributed by atoms with van der Waals surface area (Å²) in [4.78, 5) is 15.1. The third-order valence-electron chi connectivity index (χ3n) is 5.63. The topological polar surface area (TPSA) is 59.4 Å². The van der Waals surface area contributed by atoms with Crippen molar-refractivity contribution in [1.82, 2.24) is 20.0 Å². The Morgan fingerprint density at radius 1 is 1.16 bits per heavy atom. The molecule has 1 aliphatic carbocycles. The molecule has 4 rings (SSSR count). The molecule has 168 valence electrons. The zero-order valence-corrected chi connectivity index (χ0v) is 18.6. The molecular formula is C25H29FN4O2. The first-order chi connectivity index (χ1) is 15.5. The summed E-state index contributed by atoms with van der Waals surface area (Å²) in [5, 5.41) is 7.63. The Bertz CT molecular complexity index is 1080. The molecule has 0 saturated heterocycles. The number of benzene rings is 2. The summed E-state index contributed by atoms with van der Waals surface area (Å²) in [6.45, 7) is 1.83. The normalized spacial score (nSPS) is 13.1. The van der Waals surface area contributed by atoms with Crippen LogP contribution in [0.1, 0.15) is 40.2 Å². The molecule has 3 aromatic rings. The van der Waals surface area contributed by atoms with Crippen molar-refractivity contribution >= 4 is 5.91 Å². The summed E-state index contributed by atoms with van der Waals surface area (Å²) < 4.78 is 20.9. The molecule has 2 aromatic carbocycles. The quantitative estimate of drug-likeness (QED) is 0.584.